The standard InChI is InChI=1S/C24H25FN2O2/c1-17(22-8-4-6-19-5-2-3-7-23(19)22)26-13-21-15-27(24(28)16-29-21)14-18-9-11-20(25)12-10-18/h2-12,17,21,26H,13-16H2,1H3/t17-,21?/m1/s1. The third kappa shape index (κ3) is 4.63. The van der Waals surface area contributed by atoms with E-state index in [0.717, 1.165) is 5.56 Å². The summed E-state index contributed by atoms with van der Waals surface area (Å²) in [6.45, 7) is 3.86. The Balaban J connectivity index is 1.37. The zero-order chi connectivity index (χ0) is 20.2. The van der Waals surface area contributed by atoms with E-state index in [4.69, 9.17) is 4.74 Å². The summed E-state index contributed by atoms with van der Waals surface area (Å²) in [6, 6.07) is 21.1. The molecule has 0 aromatic heterocycles. The molecule has 1 N–H and O–H groups in total. The number of nitrogens with zero attached hydrogens (tertiary/aromatic N) is 1. The Morgan fingerprint density at radius 2 is 1.86 bits per heavy atom. The van der Waals surface area contributed by atoms with Gasteiger partial charge in [-0.25, -0.2) is 4.39 Å². The van der Waals surface area contributed by atoms with E-state index in [9.17, 15) is 9.18 Å². The number of fused-ring (bicyclic) bond motifs is 1. The van der Waals surface area contributed by atoms with Crippen LogP contribution < -0.4 is 5.32 Å². The van der Waals surface area contributed by atoms with Gasteiger partial charge in [-0.3, -0.25) is 4.79 Å². The van der Waals surface area contributed by atoms with E-state index in [-0.39, 0.29) is 30.5 Å². The van der Waals surface area contributed by atoms with Gasteiger partial charge >= 0.3 is 0 Å². The molecule has 4 nitrogen and oxygen atoms in total. The van der Waals surface area contributed by atoms with Crippen molar-refractivity contribution < 1.29 is 13.9 Å². The van der Waals surface area contributed by atoms with Crippen LogP contribution >= 0.6 is 0 Å². The van der Waals surface area contributed by atoms with Crippen LogP contribution in [0.5, 0.6) is 0 Å². The van der Waals surface area contributed by atoms with E-state index in [1.54, 1.807) is 17.0 Å². The number of nitrogens with one attached hydrogen (secondary N) is 1. The second kappa shape index (κ2) is 8.72. The Bertz CT molecular complexity index is 984. The molecule has 3 aromatic rings. The number of carbonyl (C=O) groups is 1. The summed E-state index contributed by atoms with van der Waals surface area (Å²) in [7, 11) is 0. The Morgan fingerprint density at radius 3 is 2.69 bits per heavy atom. The van der Waals surface area contributed by atoms with E-state index in [0.29, 0.717) is 19.6 Å². The van der Waals surface area contributed by atoms with Crippen LogP contribution in [0, 0.1) is 5.82 Å². The summed E-state index contributed by atoms with van der Waals surface area (Å²) in [5, 5.41) is 6.02. The smallest absolute Gasteiger partial charge is 0.248 e. The first-order chi connectivity index (χ1) is 14.1. The van der Waals surface area contributed by atoms with Gasteiger partial charge in [-0.2, -0.15) is 0 Å². The number of hydrogen-bond acceptors (Lipinski definition) is 3. The third-order valence-corrected chi connectivity index (χ3v) is 5.45. The van der Waals surface area contributed by atoms with E-state index in [1.165, 1.54) is 28.5 Å². The minimum absolute atomic E-state index is 0.0346. The summed E-state index contributed by atoms with van der Waals surface area (Å²) < 4.78 is 18.8. The van der Waals surface area contributed by atoms with E-state index >= 15 is 0 Å². The highest BCUT2D eigenvalue weighted by Crippen LogP contribution is 2.24. The third-order valence-electron chi connectivity index (χ3n) is 5.45. The predicted octanol–water partition coefficient (Wildman–Crippen LogP) is 4.06. The highest BCUT2D eigenvalue weighted by atomic mass is 19.1. The van der Waals surface area contributed by atoms with Gasteiger partial charge in [0.25, 0.3) is 0 Å². The summed E-state index contributed by atoms with van der Waals surface area (Å²) in [6.07, 6.45) is -0.0782. The van der Waals surface area contributed by atoms with Crippen LogP contribution in [0.4, 0.5) is 4.39 Å². The number of carbonyl (C=O) groups excluding carboxylic acids is 1. The normalized spacial score (nSPS) is 18.2. The van der Waals surface area contributed by atoms with Crippen molar-refractivity contribution in [1.29, 1.82) is 0 Å². The fourth-order valence-electron chi connectivity index (χ4n) is 3.81. The summed E-state index contributed by atoms with van der Waals surface area (Å²) in [5.74, 6) is -0.306. The van der Waals surface area contributed by atoms with Gasteiger partial charge in [-0.15, -0.1) is 0 Å². The van der Waals surface area contributed by atoms with Gasteiger partial charge < -0.3 is 15.0 Å². The van der Waals surface area contributed by atoms with Crippen molar-refractivity contribution in [2.24, 2.45) is 0 Å². The van der Waals surface area contributed by atoms with Crippen LogP contribution in [-0.2, 0) is 16.1 Å². The molecule has 1 aliphatic rings. The average Bonchev–Trinajstić information content (AvgIpc) is 2.75. The lowest BCUT2D eigenvalue weighted by Gasteiger charge is -2.33. The summed E-state index contributed by atoms with van der Waals surface area (Å²) in [5.41, 5.74) is 2.16. The number of hydrogen-bond donors (Lipinski definition) is 1. The van der Waals surface area contributed by atoms with Crippen molar-refractivity contribution in [3.8, 4) is 0 Å². The lowest BCUT2D eigenvalue weighted by atomic mass is 9.99. The van der Waals surface area contributed by atoms with Crippen LogP contribution in [0.1, 0.15) is 24.1 Å². The zero-order valence-electron chi connectivity index (χ0n) is 16.5. The molecule has 0 saturated carbocycles. The van der Waals surface area contributed by atoms with Crippen molar-refractivity contribution in [2.75, 3.05) is 19.7 Å². The molecule has 0 aliphatic carbocycles. The molecule has 5 heteroatoms. The molecule has 1 amide bonds. The predicted molar refractivity (Wildman–Crippen MR) is 112 cm³/mol. The lowest BCUT2D eigenvalue weighted by Crippen LogP contribution is -2.49. The molecule has 0 bridgehead atoms. The molecular formula is C24H25FN2O2. The Morgan fingerprint density at radius 1 is 1.10 bits per heavy atom. The van der Waals surface area contributed by atoms with Crippen LogP contribution in [0.25, 0.3) is 10.8 Å². The first-order valence-corrected chi connectivity index (χ1v) is 9.95. The molecule has 150 valence electrons. The van der Waals surface area contributed by atoms with Crippen molar-refractivity contribution in [3.63, 3.8) is 0 Å². The van der Waals surface area contributed by atoms with Gasteiger partial charge in [0.05, 0.1) is 6.10 Å². The van der Waals surface area contributed by atoms with E-state index in [1.807, 2.05) is 6.07 Å². The summed E-state index contributed by atoms with van der Waals surface area (Å²) in [4.78, 5) is 14.0. The lowest BCUT2D eigenvalue weighted by molar-refractivity contribution is -0.149. The van der Waals surface area contributed by atoms with Crippen LogP contribution in [-0.4, -0.2) is 36.6 Å². The highest BCUT2D eigenvalue weighted by molar-refractivity contribution is 5.86. The molecule has 0 spiro atoms. The van der Waals surface area contributed by atoms with Crippen LogP contribution in [0.15, 0.2) is 66.7 Å². The molecule has 1 unspecified atom stereocenters. The summed E-state index contributed by atoms with van der Waals surface area (Å²) >= 11 is 0. The molecular weight excluding hydrogens is 367 g/mol. The van der Waals surface area contributed by atoms with Gasteiger partial charge in [-0.1, -0.05) is 54.6 Å². The minimum atomic E-state index is -0.272. The number of morpholine rings is 1. The van der Waals surface area contributed by atoms with Crippen LogP contribution in [0.2, 0.25) is 0 Å². The second-order valence-electron chi connectivity index (χ2n) is 7.53. The maximum Gasteiger partial charge on any atom is 0.248 e. The van der Waals surface area contributed by atoms with Gasteiger partial charge in [-0.05, 0) is 41.0 Å². The van der Waals surface area contributed by atoms with Crippen molar-refractivity contribution in [3.05, 3.63) is 83.7 Å². The molecule has 1 saturated heterocycles. The molecule has 2 atom stereocenters. The minimum Gasteiger partial charge on any atom is -0.365 e. The number of rotatable bonds is 6. The van der Waals surface area contributed by atoms with Crippen molar-refractivity contribution >= 4 is 16.7 Å². The quantitative estimate of drug-likeness (QED) is 0.688. The topological polar surface area (TPSA) is 41.6 Å². The number of ether oxygens (including phenoxy) is 1. The van der Waals surface area contributed by atoms with E-state index < -0.39 is 0 Å². The molecule has 0 radical (unpaired) electrons. The molecule has 4 rings (SSSR count). The average molecular weight is 392 g/mol. The SMILES string of the molecule is C[C@@H](NCC1CN(Cc2ccc(F)cc2)C(=O)CO1)c1cccc2ccccc12. The molecule has 1 fully saturated rings. The zero-order valence-corrected chi connectivity index (χ0v) is 16.5. The highest BCUT2D eigenvalue weighted by Gasteiger charge is 2.26. The largest absolute Gasteiger partial charge is 0.365 e. The number of benzene rings is 3. The van der Waals surface area contributed by atoms with Gasteiger partial charge in [0, 0.05) is 25.7 Å². The Hall–Kier alpha value is -2.76. The fourth-order valence-corrected chi connectivity index (χ4v) is 3.81. The van der Waals surface area contributed by atoms with Crippen molar-refractivity contribution in [1.82, 2.24) is 10.2 Å². The Labute approximate surface area is 170 Å². The maximum absolute atomic E-state index is 13.1. The van der Waals surface area contributed by atoms with Crippen LogP contribution in [0.3, 0.4) is 0 Å². The Kier molecular flexibility index (Phi) is 5.88. The second-order valence-corrected chi connectivity index (χ2v) is 7.53. The molecule has 1 heterocycles. The van der Waals surface area contributed by atoms with Gasteiger partial charge in [0.15, 0.2) is 0 Å². The number of amides is 1. The molecule has 1 aliphatic heterocycles. The van der Waals surface area contributed by atoms with Gasteiger partial charge in [0.1, 0.15) is 12.4 Å². The maximum atomic E-state index is 13.1. The first-order valence-electron chi connectivity index (χ1n) is 9.95. The monoisotopic (exact) mass is 392 g/mol. The van der Waals surface area contributed by atoms with E-state index in [2.05, 4.69) is 48.6 Å². The molecule has 3 aromatic carbocycles. The first kappa shape index (κ1) is 19.6. The van der Waals surface area contributed by atoms with Gasteiger partial charge in [0.2, 0.25) is 5.91 Å². The molecule has 29 heavy (non-hydrogen) atoms. The number of halogens is 1. The van der Waals surface area contributed by atoms with Crippen molar-refractivity contribution in [2.45, 2.75) is 25.6 Å². The fraction of sp³-hybridized carbons (Fsp3) is 0.292.